The Morgan fingerprint density at radius 1 is 1.00 bits per heavy atom. The zero-order chi connectivity index (χ0) is 14.5. The van der Waals surface area contributed by atoms with Gasteiger partial charge in [-0.25, -0.2) is 0 Å². The lowest BCUT2D eigenvalue weighted by Crippen LogP contribution is -2.07. The quantitative estimate of drug-likeness (QED) is 0.749. The second-order valence-electron chi connectivity index (χ2n) is 5.31. The summed E-state index contributed by atoms with van der Waals surface area (Å²) < 4.78 is 2.14. The highest BCUT2D eigenvalue weighted by Crippen LogP contribution is 2.19. The maximum absolute atomic E-state index is 4.76. The molecule has 0 atom stereocenters. The molecule has 0 aliphatic rings. The van der Waals surface area contributed by atoms with Crippen molar-refractivity contribution in [2.75, 3.05) is 7.05 Å². The van der Waals surface area contributed by atoms with E-state index in [4.69, 9.17) is 5.10 Å². The molecule has 2 aromatic carbocycles. The van der Waals surface area contributed by atoms with Crippen molar-refractivity contribution in [3.63, 3.8) is 0 Å². The van der Waals surface area contributed by atoms with Gasteiger partial charge in [0.15, 0.2) is 0 Å². The molecule has 0 saturated carbocycles. The number of benzene rings is 2. The van der Waals surface area contributed by atoms with E-state index in [0.717, 1.165) is 31.6 Å². The number of hydrogen-bond donors (Lipinski definition) is 1. The van der Waals surface area contributed by atoms with Gasteiger partial charge in [-0.1, -0.05) is 48.5 Å². The normalized spacial score (nSPS) is 11.1. The van der Waals surface area contributed by atoms with Crippen LogP contribution >= 0.6 is 0 Å². The van der Waals surface area contributed by atoms with Crippen molar-refractivity contribution in [3.8, 4) is 0 Å². The van der Waals surface area contributed by atoms with Crippen molar-refractivity contribution in [1.82, 2.24) is 15.1 Å². The predicted molar refractivity (Wildman–Crippen MR) is 87.3 cm³/mol. The molecule has 0 saturated heterocycles. The Bertz CT molecular complexity index is 701. The van der Waals surface area contributed by atoms with E-state index in [2.05, 4.69) is 64.6 Å². The van der Waals surface area contributed by atoms with Gasteiger partial charge in [0.05, 0.1) is 11.2 Å². The first kappa shape index (κ1) is 13.8. The molecule has 3 rings (SSSR count). The molecule has 21 heavy (non-hydrogen) atoms. The fourth-order valence-corrected chi connectivity index (χ4v) is 2.74. The van der Waals surface area contributed by atoms with E-state index in [1.165, 1.54) is 16.5 Å². The molecule has 0 spiro atoms. The van der Waals surface area contributed by atoms with Crippen LogP contribution in [0.4, 0.5) is 0 Å². The highest BCUT2D eigenvalue weighted by Gasteiger charge is 2.08. The van der Waals surface area contributed by atoms with Crippen LogP contribution in [0, 0.1) is 0 Å². The minimum Gasteiger partial charge on any atom is -0.314 e. The van der Waals surface area contributed by atoms with E-state index >= 15 is 0 Å². The van der Waals surface area contributed by atoms with Gasteiger partial charge in [0, 0.05) is 18.5 Å². The van der Waals surface area contributed by atoms with Crippen LogP contribution in [-0.2, 0) is 19.5 Å². The minimum atomic E-state index is 0.812. The van der Waals surface area contributed by atoms with E-state index in [1.807, 2.05) is 7.05 Å². The van der Waals surface area contributed by atoms with Crippen LogP contribution < -0.4 is 5.32 Å². The third-order valence-electron chi connectivity index (χ3n) is 3.76. The van der Waals surface area contributed by atoms with E-state index in [-0.39, 0.29) is 0 Å². The minimum absolute atomic E-state index is 0.812. The summed E-state index contributed by atoms with van der Waals surface area (Å²) in [6.07, 6.45) is 2.20. The standard InChI is InChI=1S/C18H21N3/c1-19-14-17-16-11-5-6-12-18(16)21(20-17)13-7-10-15-8-3-2-4-9-15/h2-6,8-9,11-12,19H,7,10,13-14H2,1H3. The van der Waals surface area contributed by atoms with Crippen molar-refractivity contribution < 1.29 is 0 Å². The maximum atomic E-state index is 4.76. The van der Waals surface area contributed by atoms with Crippen LogP contribution in [0.3, 0.4) is 0 Å². The number of fused-ring (bicyclic) bond motifs is 1. The van der Waals surface area contributed by atoms with Crippen molar-refractivity contribution in [3.05, 3.63) is 65.9 Å². The Balaban J connectivity index is 1.74. The lowest BCUT2D eigenvalue weighted by Gasteiger charge is -2.04. The zero-order valence-electron chi connectivity index (χ0n) is 12.4. The van der Waals surface area contributed by atoms with E-state index in [1.54, 1.807) is 0 Å². The van der Waals surface area contributed by atoms with E-state index in [0.29, 0.717) is 0 Å². The summed E-state index contributed by atoms with van der Waals surface area (Å²) in [5.41, 5.74) is 3.76. The van der Waals surface area contributed by atoms with E-state index < -0.39 is 0 Å². The number of hydrogen-bond acceptors (Lipinski definition) is 2. The largest absolute Gasteiger partial charge is 0.314 e. The number of rotatable bonds is 6. The Morgan fingerprint density at radius 2 is 1.76 bits per heavy atom. The van der Waals surface area contributed by atoms with Gasteiger partial charge >= 0.3 is 0 Å². The molecule has 0 aliphatic carbocycles. The fourth-order valence-electron chi connectivity index (χ4n) is 2.74. The van der Waals surface area contributed by atoms with Gasteiger partial charge in [0.2, 0.25) is 0 Å². The highest BCUT2D eigenvalue weighted by atomic mass is 15.3. The molecule has 0 radical (unpaired) electrons. The summed E-state index contributed by atoms with van der Waals surface area (Å²) in [7, 11) is 1.96. The van der Waals surface area contributed by atoms with Gasteiger partial charge < -0.3 is 5.32 Å². The lowest BCUT2D eigenvalue weighted by molar-refractivity contribution is 0.584. The highest BCUT2D eigenvalue weighted by molar-refractivity contribution is 5.81. The summed E-state index contributed by atoms with van der Waals surface area (Å²) in [6.45, 7) is 1.77. The van der Waals surface area contributed by atoms with Crippen LogP contribution in [0.5, 0.6) is 0 Å². The van der Waals surface area contributed by atoms with Crippen LogP contribution in [-0.4, -0.2) is 16.8 Å². The summed E-state index contributed by atoms with van der Waals surface area (Å²) >= 11 is 0. The molecule has 1 heterocycles. The zero-order valence-corrected chi connectivity index (χ0v) is 12.4. The molecule has 0 fully saturated rings. The summed E-state index contributed by atoms with van der Waals surface area (Å²) in [6, 6.07) is 19.1. The molecule has 0 bridgehead atoms. The monoisotopic (exact) mass is 279 g/mol. The Labute approximate surface area is 125 Å². The Morgan fingerprint density at radius 3 is 2.57 bits per heavy atom. The average molecular weight is 279 g/mol. The van der Waals surface area contributed by atoms with Crippen LogP contribution in [0.2, 0.25) is 0 Å². The summed E-state index contributed by atoms with van der Waals surface area (Å²) in [5.74, 6) is 0. The Hall–Kier alpha value is -2.13. The van der Waals surface area contributed by atoms with Gasteiger partial charge in [0.1, 0.15) is 0 Å². The van der Waals surface area contributed by atoms with Gasteiger partial charge in [0.25, 0.3) is 0 Å². The first-order valence-electron chi connectivity index (χ1n) is 7.51. The van der Waals surface area contributed by atoms with Crippen molar-refractivity contribution in [2.24, 2.45) is 0 Å². The van der Waals surface area contributed by atoms with Crippen LogP contribution in [0.25, 0.3) is 10.9 Å². The third kappa shape index (κ3) is 3.14. The summed E-state index contributed by atoms with van der Waals surface area (Å²) in [5, 5.41) is 9.22. The molecule has 108 valence electrons. The van der Waals surface area contributed by atoms with Gasteiger partial charge in [-0.15, -0.1) is 0 Å². The second-order valence-corrected chi connectivity index (χ2v) is 5.31. The number of nitrogens with zero attached hydrogens (tertiary/aromatic N) is 2. The first-order valence-corrected chi connectivity index (χ1v) is 7.51. The van der Waals surface area contributed by atoms with Gasteiger partial charge in [-0.05, 0) is 31.5 Å². The van der Waals surface area contributed by atoms with Gasteiger partial charge in [-0.2, -0.15) is 5.10 Å². The molecule has 0 aliphatic heterocycles. The topological polar surface area (TPSA) is 29.9 Å². The molecule has 3 aromatic rings. The van der Waals surface area contributed by atoms with Crippen molar-refractivity contribution in [2.45, 2.75) is 25.9 Å². The molecule has 0 amide bonds. The molecule has 3 heteroatoms. The number of para-hydroxylation sites is 1. The molecule has 3 nitrogen and oxygen atoms in total. The molecular formula is C18H21N3. The first-order chi connectivity index (χ1) is 10.4. The SMILES string of the molecule is CNCc1nn(CCCc2ccccc2)c2ccccc12. The second kappa shape index (κ2) is 6.55. The summed E-state index contributed by atoms with van der Waals surface area (Å²) in [4.78, 5) is 0. The Kier molecular flexibility index (Phi) is 4.31. The maximum Gasteiger partial charge on any atom is 0.0841 e. The molecule has 1 aromatic heterocycles. The number of aryl methyl sites for hydroxylation is 2. The molecular weight excluding hydrogens is 258 g/mol. The predicted octanol–water partition coefficient (Wildman–Crippen LogP) is 3.39. The van der Waals surface area contributed by atoms with Crippen molar-refractivity contribution in [1.29, 1.82) is 0 Å². The molecule has 0 unspecified atom stereocenters. The van der Waals surface area contributed by atoms with Crippen molar-refractivity contribution >= 4 is 10.9 Å². The van der Waals surface area contributed by atoms with Crippen LogP contribution in [0.1, 0.15) is 17.7 Å². The third-order valence-corrected chi connectivity index (χ3v) is 3.76. The smallest absolute Gasteiger partial charge is 0.0841 e. The fraction of sp³-hybridized carbons (Fsp3) is 0.278. The number of aromatic nitrogens is 2. The number of nitrogens with one attached hydrogen (secondary N) is 1. The molecule has 1 N–H and O–H groups in total. The van der Waals surface area contributed by atoms with E-state index in [9.17, 15) is 0 Å². The van der Waals surface area contributed by atoms with Crippen LogP contribution in [0.15, 0.2) is 54.6 Å². The van der Waals surface area contributed by atoms with Gasteiger partial charge in [-0.3, -0.25) is 4.68 Å². The lowest BCUT2D eigenvalue weighted by atomic mass is 10.1. The average Bonchev–Trinajstić information content (AvgIpc) is 2.87.